The number of aromatic nitrogens is 3. The summed E-state index contributed by atoms with van der Waals surface area (Å²) in [5.41, 5.74) is 10.8. The van der Waals surface area contributed by atoms with Gasteiger partial charge >= 0.3 is 0 Å². The van der Waals surface area contributed by atoms with Gasteiger partial charge in [0.1, 0.15) is 0 Å². The van der Waals surface area contributed by atoms with E-state index in [1.165, 1.54) is 0 Å². The summed E-state index contributed by atoms with van der Waals surface area (Å²) in [6, 6.07) is 0. The first-order valence-electron chi connectivity index (χ1n) is 3.94. The highest BCUT2D eigenvalue weighted by Crippen LogP contribution is 2.09. The molecule has 14 heavy (non-hydrogen) atoms. The van der Waals surface area contributed by atoms with E-state index in [1.807, 2.05) is 0 Å². The van der Waals surface area contributed by atoms with E-state index in [2.05, 4.69) is 28.1 Å². The Morgan fingerprint density at radius 1 is 1.14 bits per heavy atom. The van der Waals surface area contributed by atoms with Crippen molar-refractivity contribution >= 4 is 17.8 Å². The standard InChI is InChI=1S/C8H12N6/c1-3-5-14(4-2)8-12-6(9)11-7(10)13-8/h3-4H,1-2,5H2,(H4,9,10,11,12,13). The molecule has 0 unspecified atom stereocenters. The van der Waals surface area contributed by atoms with Crippen LogP contribution in [-0.2, 0) is 0 Å². The van der Waals surface area contributed by atoms with E-state index in [9.17, 15) is 0 Å². The molecule has 0 saturated carbocycles. The lowest BCUT2D eigenvalue weighted by Crippen LogP contribution is -2.19. The van der Waals surface area contributed by atoms with Crippen molar-refractivity contribution in [2.45, 2.75) is 0 Å². The highest BCUT2D eigenvalue weighted by atomic mass is 15.3. The smallest absolute Gasteiger partial charge is 0.236 e. The second-order valence-electron chi connectivity index (χ2n) is 2.48. The van der Waals surface area contributed by atoms with Gasteiger partial charge in [-0.2, -0.15) is 15.0 Å². The molecule has 0 fully saturated rings. The Kier molecular flexibility index (Phi) is 3.01. The molecule has 0 saturated heterocycles. The zero-order valence-corrected chi connectivity index (χ0v) is 7.72. The molecule has 0 amide bonds. The molecule has 1 heterocycles. The molecule has 0 radical (unpaired) electrons. The van der Waals surface area contributed by atoms with Gasteiger partial charge in [-0.15, -0.1) is 6.58 Å². The molecule has 0 bridgehead atoms. The van der Waals surface area contributed by atoms with E-state index in [-0.39, 0.29) is 11.9 Å². The maximum atomic E-state index is 5.42. The van der Waals surface area contributed by atoms with E-state index in [0.29, 0.717) is 12.5 Å². The summed E-state index contributed by atoms with van der Waals surface area (Å²) in [5, 5.41) is 0. The molecule has 1 aromatic rings. The molecule has 6 heteroatoms. The normalized spacial score (nSPS) is 9.43. The highest BCUT2D eigenvalue weighted by Gasteiger charge is 2.06. The van der Waals surface area contributed by atoms with Crippen LogP contribution in [0.2, 0.25) is 0 Å². The lowest BCUT2D eigenvalue weighted by atomic mass is 10.5. The maximum absolute atomic E-state index is 5.42. The van der Waals surface area contributed by atoms with Gasteiger partial charge in [0.05, 0.1) is 0 Å². The molecular formula is C8H12N6. The van der Waals surface area contributed by atoms with Crippen LogP contribution in [0.1, 0.15) is 0 Å². The predicted octanol–water partition coefficient (Wildman–Crippen LogP) is 0.172. The van der Waals surface area contributed by atoms with Gasteiger partial charge in [-0.3, -0.25) is 0 Å². The van der Waals surface area contributed by atoms with Crippen molar-refractivity contribution in [3.8, 4) is 0 Å². The lowest BCUT2D eigenvalue weighted by Gasteiger charge is -2.15. The fourth-order valence-electron chi connectivity index (χ4n) is 0.903. The second-order valence-corrected chi connectivity index (χ2v) is 2.48. The second kappa shape index (κ2) is 4.22. The van der Waals surface area contributed by atoms with Crippen LogP contribution < -0.4 is 16.4 Å². The van der Waals surface area contributed by atoms with Crippen LogP contribution in [0.15, 0.2) is 25.4 Å². The molecule has 74 valence electrons. The summed E-state index contributed by atoms with van der Waals surface area (Å²) in [6.07, 6.45) is 3.26. The van der Waals surface area contributed by atoms with Gasteiger partial charge in [0.25, 0.3) is 0 Å². The summed E-state index contributed by atoms with van der Waals surface area (Å²) in [7, 11) is 0. The van der Waals surface area contributed by atoms with Crippen molar-refractivity contribution in [1.29, 1.82) is 0 Å². The molecule has 0 aliphatic heterocycles. The number of hydrogen-bond acceptors (Lipinski definition) is 6. The topological polar surface area (TPSA) is 94.0 Å². The fourth-order valence-corrected chi connectivity index (χ4v) is 0.903. The average Bonchev–Trinajstić information content (AvgIpc) is 2.12. The van der Waals surface area contributed by atoms with Gasteiger partial charge in [-0.05, 0) is 0 Å². The van der Waals surface area contributed by atoms with Gasteiger partial charge in [0.15, 0.2) is 0 Å². The highest BCUT2D eigenvalue weighted by molar-refractivity contribution is 5.42. The van der Waals surface area contributed by atoms with E-state index in [1.54, 1.807) is 17.2 Å². The molecular weight excluding hydrogens is 180 g/mol. The minimum absolute atomic E-state index is 0.0865. The number of nitrogens with two attached hydrogens (primary N) is 2. The summed E-state index contributed by atoms with van der Waals surface area (Å²) in [6.45, 7) is 7.74. The Hall–Kier alpha value is -2.11. The van der Waals surface area contributed by atoms with Gasteiger partial charge in [0, 0.05) is 12.7 Å². The summed E-state index contributed by atoms with van der Waals surface area (Å²) in [5.74, 6) is 0.539. The quantitative estimate of drug-likeness (QED) is 0.660. The SMILES string of the molecule is C=CCN(C=C)c1nc(N)nc(N)n1. The first-order valence-corrected chi connectivity index (χ1v) is 3.94. The van der Waals surface area contributed by atoms with E-state index >= 15 is 0 Å². The van der Waals surface area contributed by atoms with Gasteiger partial charge < -0.3 is 16.4 Å². The third kappa shape index (κ3) is 2.19. The van der Waals surface area contributed by atoms with Gasteiger partial charge in [-0.25, -0.2) is 0 Å². The van der Waals surface area contributed by atoms with Crippen molar-refractivity contribution in [3.63, 3.8) is 0 Å². The third-order valence-corrected chi connectivity index (χ3v) is 1.46. The number of hydrogen-bond donors (Lipinski definition) is 2. The predicted molar refractivity (Wildman–Crippen MR) is 56.4 cm³/mol. The first kappa shape index (κ1) is 9.97. The van der Waals surface area contributed by atoms with Gasteiger partial charge in [0.2, 0.25) is 17.8 Å². The Balaban J connectivity index is 3.02. The molecule has 1 rings (SSSR count). The molecule has 0 aliphatic carbocycles. The van der Waals surface area contributed by atoms with Crippen LogP contribution in [0.25, 0.3) is 0 Å². The molecule has 0 atom stereocenters. The minimum Gasteiger partial charge on any atom is -0.368 e. The number of rotatable bonds is 4. The Labute approximate surface area is 82.0 Å². The molecule has 6 nitrogen and oxygen atoms in total. The lowest BCUT2D eigenvalue weighted by molar-refractivity contribution is 0.963. The van der Waals surface area contributed by atoms with Crippen molar-refractivity contribution in [3.05, 3.63) is 25.4 Å². The Bertz CT molecular complexity index is 327. The van der Waals surface area contributed by atoms with Gasteiger partial charge in [-0.1, -0.05) is 12.7 Å². The summed E-state index contributed by atoms with van der Waals surface area (Å²) < 4.78 is 0. The number of anilines is 3. The van der Waals surface area contributed by atoms with Crippen LogP contribution in [0.4, 0.5) is 17.8 Å². The van der Waals surface area contributed by atoms with Crippen molar-refractivity contribution in [2.24, 2.45) is 0 Å². The van der Waals surface area contributed by atoms with E-state index < -0.39 is 0 Å². The molecule has 0 aromatic carbocycles. The maximum Gasteiger partial charge on any atom is 0.236 e. The van der Waals surface area contributed by atoms with Crippen LogP contribution in [0.5, 0.6) is 0 Å². The van der Waals surface area contributed by atoms with Crippen LogP contribution in [0, 0.1) is 0 Å². The van der Waals surface area contributed by atoms with Crippen molar-refractivity contribution < 1.29 is 0 Å². The van der Waals surface area contributed by atoms with Crippen LogP contribution in [-0.4, -0.2) is 21.5 Å². The monoisotopic (exact) mass is 192 g/mol. The summed E-state index contributed by atoms with van der Waals surface area (Å²) in [4.78, 5) is 13.1. The first-order chi connectivity index (χ1) is 6.67. The van der Waals surface area contributed by atoms with Crippen LogP contribution >= 0.6 is 0 Å². The van der Waals surface area contributed by atoms with Crippen molar-refractivity contribution in [2.75, 3.05) is 22.9 Å². The van der Waals surface area contributed by atoms with Crippen LogP contribution in [0.3, 0.4) is 0 Å². The van der Waals surface area contributed by atoms with E-state index in [0.717, 1.165) is 0 Å². The zero-order chi connectivity index (χ0) is 10.6. The Morgan fingerprint density at radius 2 is 1.71 bits per heavy atom. The minimum atomic E-state index is 0.0865. The largest absolute Gasteiger partial charge is 0.368 e. The fraction of sp³-hybridized carbons (Fsp3) is 0.125. The summed E-state index contributed by atoms with van der Waals surface area (Å²) >= 11 is 0. The third-order valence-electron chi connectivity index (χ3n) is 1.46. The molecule has 0 spiro atoms. The number of nitrogens with zero attached hydrogens (tertiary/aromatic N) is 4. The van der Waals surface area contributed by atoms with Crippen molar-refractivity contribution in [1.82, 2.24) is 15.0 Å². The average molecular weight is 192 g/mol. The number of nitrogen functional groups attached to an aromatic ring is 2. The zero-order valence-electron chi connectivity index (χ0n) is 7.72. The Morgan fingerprint density at radius 3 is 2.14 bits per heavy atom. The molecule has 1 aromatic heterocycles. The molecule has 0 aliphatic rings. The van der Waals surface area contributed by atoms with E-state index in [4.69, 9.17) is 11.5 Å². The molecule has 4 N–H and O–H groups in total.